The van der Waals surface area contributed by atoms with E-state index in [-0.39, 0.29) is 18.1 Å². The van der Waals surface area contributed by atoms with Gasteiger partial charge in [-0.2, -0.15) is 0 Å². The zero-order chi connectivity index (χ0) is 18.5. The summed E-state index contributed by atoms with van der Waals surface area (Å²) in [5.74, 6) is -0.678. The molecule has 0 saturated carbocycles. The average molecular weight is 394 g/mol. The predicted molar refractivity (Wildman–Crippen MR) is 96.0 cm³/mol. The fourth-order valence-corrected chi connectivity index (χ4v) is 2.64. The number of aromatic nitrogens is 1. The van der Waals surface area contributed by atoms with Crippen LogP contribution >= 0.6 is 23.2 Å². The van der Waals surface area contributed by atoms with E-state index >= 15 is 0 Å². The van der Waals surface area contributed by atoms with Crippen molar-refractivity contribution in [2.45, 2.75) is 6.42 Å². The first-order chi connectivity index (χ1) is 12.5. The van der Waals surface area contributed by atoms with Crippen LogP contribution in [0.3, 0.4) is 0 Å². The molecule has 3 aromatic rings. The summed E-state index contributed by atoms with van der Waals surface area (Å²) in [4.78, 5) is 23.7. The van der Waals surface area contributed by atoms with Crippen LogP contribution in [0.2, 0.25) is 10.0 Å². The van der Waals surface area contributed by atoms with Gasteiger partial charge in [0.25, 0.3) is 5.91 Å². The lowest BCUT2D eigenvalue weighted by Gasteiger charge is -2.09. The average Bonchev–Trinajstić information content (AvgIpc) is 3.02. The third-order valence-corrected chi connectivity index (χ3v) is 3.90. The summed E-state index contributed by atoms with van der Waals surface area (Å²) in [6.07, 6.45) is -0.0405. The second-order valence-corrected chi connectivity index (χ2v) is 6.11. The van der Waals surface area contributed by atoms with Crippen LogP contribution in [0.5, 0.6) is 5.75 Å². The third-order valence-electron chi connectivity index (χ3n) is 3.37. The zero-order valence-corrected chi connectivity index (χ0v) is 14.8. The number of nitrogens with zero attached hydrogens (tertiary/aromatic N) is 1. The molecule has 7 nitrogen and oxygen atoms in total. The van der Waals surface area contributed by atoms with Crippen molar-refractivity contribution in [2.24, 2.45) is 0 Å². The Morgan fingerprint density at radius 3 is 2.65 bits per heavy atom. The zero-order valence-electron chi connectivity index (χ0n) is 13.3. The van der Waals surface area contributed by atoms with Crippen molar-refractivity contribution >= 4 is 46.0 Å². The second kappa shape index (κ2) is 8.07. The topological polar surface area (TPSA) is 93.5 Å². The SMILES string of the molecule is O=C(COc1ccc(Cl)cc1Cl)NNC(=O)Cc1noc2ccccc12. The largest absolute Gasteiger partial charge is 0.482 e. The summed E-state index contributed by atoms with van der Waals surface area (Å²) in [6.45, 7) is -0.325. The summed E-state index contributed by atoms with van der Waals surface area (Å²) in [5, 5.41) is 5.34. The molecule has 2 N–H and O–H groups in total. The highest BCUT2D eigenvalue weighted by Crippen LogP contribution is 2.27. The van der Waals surface area contributed by atoms with Gasteiger partial charge < -0.3 is 9.26 Å². The molecule has 0 unspecified atom stereocenters. The molecule has 0 radical (unpaired) electrons. The van der Waals surface area contributed by atoms with E-state index < -0.39 is 11.8 Å². The van der Waals surface area contributed by atoms with Crippen LogP contribution in [0.15, 0.2) is 47.0 Å². The number of hydrogen-bond acceptors (Lipinski definition) is 5. The Bertz CT molecular complexity index is 958. The van der Waals surface area contributed by atoms with Crippen molar-refractivity contribution in [1.29, 1.82) is 0 Å². The van der Waals surface area contributed by atoms with Gasteiger partial charge in [0.1, 0.15) is 11.4 Å². The van der Waals surface area contributed by atoms with Crippen LogP contribution in [0.25, 0.3) is 11.0 Å². The van der Waals surface area contributed by atoms with E-state index in [4.69, 9.17) is 32.5 Å². The molecular weight excluding hydrogens is 381 g/mol. The normalized spacial score (nSPS) is 10.5. The molecule has 2 amide bonds. The lowest BCUT2D eigenvalue weighted by atomic mass is 10.2. The number of amides is 2. The Labute approximate surface area is 158 Å². The molecule has 0 fully saturated rings. The van der Waals surface area contributed by atoms with Gasteiger partial charge in [0.15, 0.2) is 12.2 Å². The molecule has 0 spiro atoms. The van der Waals surface area contributed by atoms with Crippen molar-refractivity contribution in [2.75, 3.05) is 6.61 Å². The summed E-state index contributed by atoms with van der Waals surface area (Å²) in [7, 11) is 0. The van der Waals surface area contributed by atoms with Gasteiger partial charge in [-0.3, -0.25) is 20.4 Å². The number of rotatable bonds is 5. The van der Waals surface area contributed by atoms with E-state index in [0.717, 1.165) is 5.39 Å². The molecule has 0 aliphatic carbocycles. The number of nitrogens with one attached hydrogen (secondary N) is 2. The summed E-state index contributed by atoms with van der Waals surface area (Å²) in [5.41, 5.74) is 5.62. The van der Waals surface area contributed by atoms with Gasteiger partial charge in [-0.05, 0) is 30.3 Å². The molecule has 0 aliphatic heterocycles. The molecule has 134 valence electrons. The number of fused-ring (bicyclic) bond motifs is 1. The molecule has 26 heavy (non-hydrogen) atoms. The molecular formula is C17H13Cl2N3O4. The van der Waals surface area contributed by atoms with Crippen LogP contribution < -0.4 is 15.6 Å². The van der Waals surface area contributed by atoms with Crippen LogP contribution in [-0.2, 0) is 16.0 Å². The third kappa shape index (κ3) is 4.44. The Hall–Kier alpha value is -2.77. The molecule has 1 aromatic heterocycles. The van der Waals surface area contributed by atoms with Crippen molar-refractivity contribution in [3.63, 3.8) is 0 Å². The number of hydrazine groups is 1. The van der Waals surface area contributed by atoms with E-state index in [2.05, 4.69) is 16.0 Å². The number of halogens is 2. The highest BCUT2D eigenvalue weighted by atomic mass is 35.5. The van der Waals surface area contributed by atoms with Crippen LogP contribution in [-0.4, -0.2) is 23.6 Å². The number of carbonyl (C=O) groups excluding carboxylic acids is 2. The first-order valence-electron chi connectivity index (χ1n) is 7.52. The number of benzene rings is 2. The predicted octanol–water partition coefficient (Wildman–Crippen LogP) is 2.90. The van der Waals surface area contributed by atoms with E-state index in [1.54, 1.807) is 24.3 Å². The molecule has 3 rings (SSSR count). The van der Waals surface area contributed by atoms with E-state index in [9.17, 15) is 9.59 Å². The molecule has 2 aromatic carbocycles. The maximum atomic E-state index is 11.9. The molecule has 0 aliphatic rings. The van der Waals surface area contributed by atoms with Gasteiger partial charge in [-0.1, -0.05) is 40.5 Å². The van der Waals surface area contributed by atoms with E-state index in [0.29, 0.717) is 22.0 Å². The number of para-hydroxylation sites is 1. The fourth-order valence-electron chi connectivity index (χ4n) is 2.17. The number of ether oxygens (including phenoxy) is 1. The van der Waals surface area contributed by atoms with Crippen molar-refractivity contribution in [3.05, 3.63) is 58.2 Å². The highest BCUT2D eigenvalue weighted by molar-refractivity contribution is 6.35. The smallest absolute Gasteiger partial charge is 0.276 e. The first kappa shape index (κ1) is 18.0. The van der Waals surface area contributed by atoms with Crippen molar-refractivity contribution < 1.29 is 18.8 Å². The highest BCUT2D eigenvalue weighted by Gasteiger charge is 2.13. The molecule has 0 atom stereocenters. The second-order valence-electron chi connectivity index (χ2n) is 5.26. The molecule has 9 heteroatoms. The molecule has 0 bridgehead atoms. The van der Waals surface area contributed by atoms with Crippen molar-refractivity contribution in [3.8, 4) is 5.75 Å². The molecule has 1 heterocycles. The summed E-state index contributed by atoms with van der Waals surface area (Å²) in [6, 6.07) is 11.8. The van der Waals surface area contributed by atoms with E-state index in [1.807, 2.05) is 12.1 Å². The maximum Gasteiger partial charge on any atom is 0.276 e. The Balaban J connectivity index is 1.47. The standard InChI is InChI=1S/C17H13Cl2N3O4/c18-10-5-6-15(12(19)7-10)25-9-17(24)21-20-16(23)8-13-11-3-1-2-4-14(11)26-22-13/h1-7H,8-9H2,(H,20,23)(H,21,24). The Morgan fingerprint density at radius 2 is 1.85 bits per heavy atom. The fraction of sp³-hybridized carbons (Fsp3) is 0.118. The minimum Gasteiger partial charge on any atom is -0.482 e. The minimum absolute atomic E-state index is 0.0405. The lowest BCUT2D eigenvalue weighted by Crippen LogP contribution is -2.44. The van der Waals surface area contributed by atoms with Gasteiger partial charge in [0.05, 0.1) is 11.4 Å². The first-order valence-corrected chi connectivity index (χ1v) is 8.27. The van der Waals surface area contributed by atoms with Gasteiger partial charge >= 0.3 is 0 Å². The van der Waals surface area contributed by atoms with Gasteiger partial charge in [-0.15, -0.1) is 0 Å². The Kier molecular flexibility index (Phi) is 5.60. The molecule has 0 saturated heterocycles. The Morgan fingerprint density at radius 1 is 1.08 bits per heavy atom. The van der Waals surface area contributed by atoms with Gasteiger partial charge in [-0.25, -0.2) is 0 Å². The summed E-state index contributed by atoms with van der Waals surface area (Å²) < 4.78 is 10.4. The van der Waals surface area contributed by atoms with Crippen molar-refractivity contribution in [1.82, 2.24) is 16.0 Å². The van der Waals surface area contributed by atoms with Crippen LogP contribution in [0, 0.1) is 0 Å². The van der Waals surface area contributed by atoms with Crippen LogP contribution in [0.1, 0.15) is 5.69 Å². The monoisotopic (exact) mass is 393 g/mol. The minimum atomic E-state index is -0.547. The van der Waals surface area contributed by atoms with E-state index in [1.165, 1.54) is 6.07 Å². The van der Waals surface area contributed by atoms with Gasteiger partial charge in [0, 0.05) is 10.4 Å². The summed E-state index contributed by atoms with van der Waals surface area (Å²) >= 11 is 11.7. The lowest BCUT2D eigenvalue weighted by molar-refractivity contribution is -0.129. The van der Waals surface area contributed by atoms with Crippen LogP contribution in [0.4, 0.5) is 0 Å². The number of carbonyl (C=O) groups is 2. The quantitative estimate of drug-likeness (QED) is 0.650. The van der Waals surface area contributed by atoms with Gasteiger partial charge in [0.2, 0.25) is 5.91 Å². The maximum absolute atomic E-state index is 11.9. The number of hydrogen-bond donors (Lipinski definition) is 2.